The Labute approximate surface area is 151 Å². The van der Waals surface area contributed by atoms with E-state index in [0.717, 1.165) is 49.0 Å². The third-order valence-electron chi connectivity index (χ3n) is 4.75. The van der Waals surface area contributed by atoms with Crippen LogP contribution in [0.5, 0.6) is 0 Å². The summed E-state index contributed by atoms with van der Waals surface area (Å²) in [6.45, 7) is 7.39. The van der Waals surface area contributed by atoms with Gasteiger partial charge in [-0.3, -0.25) is 4.90 Å². The van der Waals surface area contributed by atoms with E-state index >= 15 is 0 Å². The summed E-state index contributed by atoms with van der Waals surface area (Å²) in [5.74, 6) is 1.46. The fraction of sp³-hybridized carbons (Fsp3) is 0.444. The third kappa shape index (κ3) is 3.77. The van der Waals surface area contributed by atoms with E-state index < -0.39 is 0 Å². The summed E-state index contributed by atoms with van der Waals surface area (Å²) in [7, 11) is 0. The van der Waals surface area contributed by atoms with Crippen molar-refractivity contribution < 1.29 is 0 Å². The predicted molar refractivity (Wildman–Crippen MR) is 98.3 cm³/mol. The first kappa shape index (κ1) is 16.4. The zero-order valence-corrected chi connectivity index (χ0v) is 15.4. The van der Waals surface area contributed by atoms with Gasteiger partial charge in [-0.15, -0.1) is 11.3 Å². The maximum Gasteiger partial charge on any atom is 0.156 e. The van der Waals surface area contributed by atoms with Gasteiger partial charge < -0.3 is 4.98 Å². The number of H-pyrrole nitrogens is 1. The maximum atomic E-state index is 4.47. The zero-order chi connectivity index (χ0) is 17.2. The van der Waals surface area contributed by atoms with Crippen molar-refractivity contribution in [2.45, 2.75) is 33.2 Å². The Morgan fingerprint density at radius 3 is 2.92 bits per heavy atom. The number of rotatable bonds is 5. The van der Waals surface area contributed by atoms with Gasteiger partial charge in [0.25, 0.3) is 0 Å². The molecule has 3 aromatic heterocycles. The van der Waals surface area contributed by atoms with E-state index in [2.05, 4.69) is 42.8 Å². The molecule has 0 bridgehead atoms. The average molecular weight is 354 g/mol. The molecule has 1 fully saturated rings. The van der Waals surface area contributed by atoms with E-state index in [0.29, 0.717) is 5.92 Å². The highest BCUT2D eigenvalue weighted by atomic mass is 32.1. The quantitative estimate of drug-likeness (QED) is 0.763. The molecule has 1 N–H and O–H groups in total. The third-order valence-corrected chi connectivity index (χ3v) is 5.67. The minimum atomic E-state index is 0.648. The number of thiazole rings is 1. The molecule has 6 nitrogen and oxygen atoms in total. The van der Waals surface area contributed by atoms with Crippen LogP contribution in [0.4, 0.5) is 0 Å². The van der Waals surface area contributed by atoms with Gasteiger partial charge in [0.15, 0.2) is 5.82 Å². The van der Waals surface area contributed by atoms with Gasteiger partial charge in [0.2, 0.25) is 0 Å². The standard InChI is InChI=1S/C18H22N6S/c1-12-7-19-18(23-12)16-6-15(20-10-21-16)5-14-3-4-24(8-14)9-17-13(2)22-11-25-17/h6-7,10-11,14H,3-5,8-9H2,1-2H3,(H,19,23). The maximum absolute atomic E-state index is 4.47. The van der Waals surface area contributed by atoms with Crippen LogP contribution in [0.3, 0.4) is 0 Å². The highest BCUT2D eigenvalue weighted by Gasteiger charge is 2.24. The second-order valence-electron chi connectivity index (χ2n) is 6.76. The van der Waals surface area contributed by atoms with E-state index in [-0.39, 0.29) is 0 Å². The summed E-state index contributed by atoms with van der Waals surface area (Å²) in [4.78, 5) is 24.7. The molecule has 7 heteroatoms. The van der Waals surface area contributed by atoms with Crippen LogP contribution in [-0.4, -0.2) is 42.9 Å². The average Bonchev–Trinajstić information content (AvgIpc) is 3.32. The summed E-state index contributed by atoms with van der Waals surface area (Å²) >= 11 is 1.76. The van der Waals surface area contributed by atoms with Gasteiger partial charge in [0.05, 0.1) is 11.2 Å². The Kier molecular flexibility index (Phi) is 4.59. The first-order valence-corrected chi connectivity index (χ1v) is 9.49. The molecular weight excluding hydrogens is 332 g/mol. The first-order valence-electron chi connectivity index (χ1n) is 8.61. The van der Waals surface area contributed by atoms with Gasteiger partial charge in [-0.05, 0) is 45.2 Å². The number of nitrogens with one attached hydrogen (secondary N) is 1. The van der Waals surface area contributed by atoms with Crippen molar-refractivity contribution in [1.29, 1.82) is 0 Å². The van der Waals surface area contributed by atoms with Gasteiger partial charge in [0, 0.05) is 35.6 Å². The van der Waals surface area contributed by atoms with Crippen molar-refractivity contribution in [3.05, 3.63) is 46.1 Å². The molecule has 1 unspecified atom stereocenters. The molecular formula is C18H22N6S. The van der Waals surface area contributed by atoms with Crippen molar-refractivity contribution in [1.82, 2.24) is 29.8 Å². The molecule has 130 valence electrons. The van der Waals surface area contributed by atoms with Gasteiger partial charge in [-0.2, -0.15) is 0 Å². The fourth-order valence-corrected chi connectivity index (χ4v) is 4.20. The molecule has 25 heavy (non-hydrogen) atoms. The van der Waals surface area contributed by atoms with Crippen molar-refractivity contribution in [2.24, 2.45) is 5.92 Å². The molecule has 4 heterocycles. The molecule has 1 aliphatic rings. The van der Waals surface area contributed by atoms with Gasteiger partial charge in [0.1, 0.15) is 12.0 Å². The topological polar surface area (TPSA) is 70.6 Å². The van der Waals surface area contributed by atoms with Crippen molar-refractivity contribution in [2.75, 3.05) is 13.1 Å². The second kappa shape index (κ2) is 7.01. The lowest BCUT2D eigenvalue weighted by Crippen LogP contribution is -2.20. The Morgan fingerprint density at radius 1 is 1.24 bits per heavy atom. The SMILES string of the molecule is Cc1cnc(-c2cc(CC3CCN(Cc4scnc4C)C3)ncn2)[nH]1. The van der Waals surface area contributed by atoms with Crippen molar-refractivity contribution in [3.63, 3.8) is 0 Å². The number of aromatic amines is 1. The summed E-state index contributed by atoms with van der Waals surface area (Å²) < 4.78 is 0. The zero-order valence-electron chi connectivity index (χ0n) is 14.6. The van der Waals surface area contributed by atoms with Crippen molar-refractivity contribution in [3.8, 4) is 11.5 Å². The number of hydrogen-bond donors (Lipinski definition) is 1. The molecule has 3 aromatic rings. The largest absolute Gasteiger partial charge is 0.341 e. The second-order valence-corrected chi connectivity index (χ2v) is 7.70. The highest BCUT2D eigenvalue weighted by Crippen LogP contribution is 2.24. The number of likely N-dealkylation sites (tertiary alicyclic amines) is 1. The molecule has 4 rings (SSSR count). The lowest BCUT2D eigenvalue weighted by molar-refractivity contribution is 0.318. The lowest BCUT2D eigenvalue weighted by Gasteiger charge is -2.15. The first-order chi connectivity index (χ1) is 12.2. The minimum Gasteiger partial charge on any atom is -0.341 e. The Hall–Kier alpha value is -2.12. The Morgan fingerprint density at radius 2 is 2.16 bits per heavy atom. The fourth-order valence-electron chi connectivity index (χ4n) is 3.38. The normalized spacial score (nSPS) is 18.1. The van der Waals surface area contributed by atoms with Crippen LogP contribution in [-0.2, 0) is 13.0 Å². The van der Waals surface area contributed by atoms with Crippen LogP contribution >= 0.6 is 11.3 Å². The molecule has 0 amide bonds. The molecule has 0 radical (unpaired) electrons. The molecule has 1 saturated heterocycles. The lowest BCUT2D eigenvalue weighted by atomic mass is 10.0. The monoisotopic (exact) mass is 354 g/mol. The highest BCUT2D eigenvalue weighted by molar-refractivity contribution is 7.09. The Bertz CT molecular complexity index is 855. The van der Waals surface area contributed by atoms with Crippen LogP contribution in [0.2, 0.25) is 0 Å². The summed E-state index contributed by atoms with van der Waals surface area (Å²) in [6.07, 6.45) is 5.69. The van der Waals surface area contributed by atoms with Crippen molar-refractivity contribution >= 4 is 11.3 Å². The van der Waals surface area contributed by atoms with Gasteiger partial charge in [-0.25, -0.2) is 19.9 Å². The number of nitrogens with zero attached hydrogens (tertiary/aromatic N) is 5. The molecule has 0 aromatic carbocycles. The van der Waals surface area contributed by atoms with Gasteiger partial charge in [-0.1, -0.05) is 0 Å². The number of hydrogen-bond acceptors (Lipinski definition) is 6. The van der Waals surface area contributed by atoms with Gasteiger partial charge >= 0.3 is 0 Å². The summed E-state index contributed by atoms with van der Waals surface area (Å²) in [6, 6.07) is 2.06. The Balaban J connectivity index is 1.39. The summed E-state index contributed by atoms with van der Waals surface area (Å²) in [5.41, 5.74) is 6.12. The smallest absolute Gasteiger partial charge is 0.156 e. The number of aromatic nitrogens is 5. The van der Waals surface area contributed by atoms with Crippen LogP contribution in [0.25, 0.3) is 11.5 Å². The molecule has 1 aliphatic heterocycles. The molecule has 0 aliphatic carbocycles. The molecule has 0 saturated carbocycles. The molecule has 0 spiro atoms. The van der Waals surface area contributed by atoms with E-state index in [1.54, 1.807) is 17.7 Å². The molecule has 1 atom stereocenters. The van der Waals surface area contributed by atoms with E-state index in [9.17, 15) is 0 Å². The number of aryl methyl sites for hydroxylation is 2. The van der Waals surface area contributed by atoms with E-state index in [1.807, 2.05) is 18.6 Å². The van der Waals surface area contributed by atoms with Crippen LogP contribution in [0.15, 0.2) is 24.1 Å². The number of imidazole rings is 1. The van der Waals surface area contributed by atoms with Crippen LogP contribution in [0.1, 0.15) is 28.4 Å². The minimum absolute atomic E-state index is 0.648. The van der Waals surface area contributed by atoms with Crippen LogP contribution in [0, 0.1) is 19.8 Å². The summed E-state index contributed by atoms with van der Waals surface area (Å²) in [5, 5.41) is 0. The van der Waals surface area contributed by atoms with E-state index in [4.69, 9.17) is 0 Å². The van der Waals surface area contributed by atoms with E-state index in [1.165, 1.54) is 17.0 Å². The predicted octanol–water partition coefficient (Wildman–Crippen LogP) is 3.00. The van der Waals surface area contributed by atoms with Crippen LogP contribution < -0.4 is 0 Å².